The number of sulfonamides is 1. The number of rotatable bonds is 5. The number of hydrogen-bond donors (Lipinski definition) is 0. The van der Waals surface area contributed by atoms with E-state index in [1.54, 1.807) is 18.2 Å². The zero-order chi connectivity index (χ0) is 21.0. The number of nitriles is 1. The van der Waals surface area contributed by atoms with Crippen molar-refractivity contribution in [2.45, 2.75) is 11.3 Å². The van der Waals surface area contributed by atoms with Gasteiger partial charge in [-0.05, 0) is 12.1 Å². The molecule has 150 valence electrons. The fraction of sp³-hybridized carbons (Fsp3) is 0.263. The molecule has 0 aliphatic carbocycles. The summed E-state index contributed by atoms with van der Waals surface area (Å²) in [7, 11) is -3.85. The van der Waals surface area contributed by atoms with Crippen LogP contribution in [0.4, 0.5) is 5.69 Å². The Balaban J connectivity index is 1.69. The first-order chi connectivity index (χ1) is 13.8. The number of piperazine rings is 1. The topological polar surface area (TPSA) is 125 Å². The van der Waals surface area contributed by atoms with Gasteiger partial charge in [0.15, 0.2) is 0 Å². The second-order valence-corrected chi connectivity index (χ2v) is 8.36. The van der Waals surface area contributed by atoms with Crippen LogP contribution in [0.5, 0.6) is 0 Å². The van der Waals surface area contributed by atoms with E-state index in [-0.39, 0.29) is 54.7 Å². The summed E-state index contributed by atoms with van der Waals surface area (Å²) in [5.74, 6) is -0.297. The highest BCUT2D eigenvalue weighted by atomic mass is 32.2. The van der Waals surface area contributed by atoms with Crippen LogP contribution in [-0.4, -0.2) is 54.6 Å². The van der Waals surface area contributed by atoms with E-state index in [2.05, 4.69) is 0 Å². The number of para-hydroxylation sites is 1. The maximum Gasteiger partial charge on any atom is 0.273 e. The summed E-state index contributed by atoms with van der Waals surface area (Å²) >= 11 is 0. The van der Waals surface area contributed by atoms with Crippen LogP contribution in [0.3, 0.4) is 0 Å². The van der Waals surface area contributed by atoms with Crippen molar-refractivity contribution in [1.82, 2.24) is 9.21 Å². The molecular weight excluding hydrogens is 396 g/mol. The van der Waals surface area contributed by atoms with Crippen molar-refractivity contribution in [2.75, 3.05) is 26.2 Å². The largest absolute Gasteiger partial charge is 0.340 e. The van der Waals surface area contributed by atoms with Crippen LogP contribution >= 0.6 is 0 Å². The first kappa shape index (κ1) is 20.4. The second kappa shape index (κ2) is 8.38. The van der Waals surface area contributed by atoms with Crippen molar-refractivity contribution in [3.05, 3.63) is 69.8 Å². The van der Waals surface area contributed by atoms with E-state index < -0.39 is 14.9 Å². The molecule has 2 aromatic rings. The highest BCUT2D eigenvalue weighted by Gasteiger charge is 2.32. The second-order valence-electron chi connectivity index (χ2n) is 6.46. The number of hydrogen-bond acceptors (Lipinski definition) is 6. The van der Waals surface area contributed by atoms with Crippen LogP contribution < -0.4 is 0 Å². The third-order valence-corrected chi connectivity index (χ3v) is 6.70. The van der Waals surface area contributed by atoms with Gasteiger partial charge in [-0.15, -0.1) is 0 Å². The number of nitro groups is 1. The lowest BCUT2D eigenvalue weighted by molar-refractivity contribution is -0.385. The van der Waals surface area contributed by atoms with E-state index in [4.69, 9.17) is 5.26 Å². The Morgan fingerprint density at radius 1 is 1.07 bits per heavy atom. The molecule has 1 amide bonds. The van der Waals surface area contributed by atoms with Gasteiger partial charge in [-0.2, -0.15) is 9.57 Å². The molecular formula is C19H18N4O5S. The Bertz CT molecular complexity index is 1090. The van der Waals surface area contributed by atoms with E-state index in [9.17, 15) is 23.3 Å². The first-order valence-corrected chi connectivity index (χ1v) is 10.3. The van der Waals surface area contributed by atoms with E-state index >= 15 is 0 Å². The highest BCUT2D eigenvalue weighted by Crippen LogP contribution is 2.22. The first-order valence-electron chi connectivity index (χ1n) is 8.84. The van der Waals surface area contributed by atoms with Crippen LogP contribution in [-0.2, 0) is 21.2 Å². The van der Waals surface area contributed by atoms with Gasteiger partial charge in [-0.3, -0.25) is 14.9 Å². The Morgan fingerprint density at radius 2 is 1.69 bits per heavy atom. The smallest absolute Gasteiger partial charge is 0.273 e. The van der Waals surface area contributed by atoms with Crippen LogP contribution in [0.2, 0.25) is 0 Å². The molecule has 9 nitrogen and oxygen atoms in total. The van der Waals surface area contributed by atoms with Crippen LogP contribution in [0.15, 0.2) is 53.4 Å². The van der Waals surface area contributed by atoms with E-state index in [0.29, 0.717) is 5.56 Å². The third kappa shape index (κ3) is 4.26. The van der Waals surface area contributed by atoms with E-state index in [1.165, 1.54) is 39.5 Å². The van der Waals surface area contributed by atoms with Crippen molar-refractivity contribution >= 4 is 21.6 Å². The molecule has 1 saturated heterocycles. The fourth-order valence-corrected chi connectivity index (χ4v) is 4.78. The predicted octanol–water partition coefficient (Wildman–Crippen LogP) is 1.54. The Labute approximate surface area is 168 Å². The SMILES string of the molecule is N#Cc1ccccc1S(=O)(=O)N1CCN(C(=O)Cc2ccccc2[N+](=O)[O-])CC1. The maximum atomic E-state index is 12.9. The van der Waals surface area contributed by atoms with Gasteiger partial charge in [-0.25, -0.2) is 8.42 Å². The van der Waals surface area contributed by atoms with Crippen LogP contribution in [0.1, 0.15) is 11.1 Å². The zero-order valence-electron chi connectivity index (χ0n) is 15.4. The quantitative estimate of drug-likeness (QED) is 0.540. The number of nitro benzene ring substituents is 1. The normalized spacial score (nSPS) is 14.9. The maximum absolute atomic E-state index is 12.9. The number of amides is 1. The molecule has 0 atom stereocenters. The summed E-state index contributed by atoms with van der Waals surface area (Å²) in [5.41, 5.74) is 0.276. The standard InChI is InChI=1S/C19H18N4O5S/c20-14-16-6-2-4-8-18(16)29(27,28)22-11-9-21(10-12-22)19(24)13-15-5-1-3-7-17(15)23(25)26/h1-8H,9-13H2. The van der Waals surface area contributed by atoms with Crippen LogP contribution in [0, 0.1) is 21.4 Å². The molecule has 1 heterocycles. The summed E-state index contributed by atoms with van der Waals surface area (Å²) in [5, 5.41) is 20.3. The van der Waals surface area contributed by atoms with Crippen molar-refractivity contribution in [1.29, 1.82) is 5.26 Å². The lowest BCUT2D eigenvalue weighted by Crippen LogP contribution is -2.51. The summed E-state index contributed by atoms with van der Waals surface area (Å²) in [6.45, 7) is 0.524. The summed E-state index contributed by atoms with van der Waals surface area (Å²) < 4.78 is 26.9. The summed E-state index contributed by atoms with van der Waals surface area (Å²) in [6.07, 6.45) is -0.124. The molecule has 1 fully saturated rings. The average Bonchev–Trinajstić information content (AvgIpc) is 2.74. The van der Waals surface area contributed by atoms with Gasteiger partial charge in [0.05, 0.1) is 21.8 Å². The fourth-order valence-electron chi connectivity index (χ4n) is 3.21. The molecule has 0 spiro atoms. The molecule has 0 radical (unpaired) electrons. The minimum Gasteiger partial charge on any atom is -0.340 e. The molecule has 0 aromatic heterocycles. The van der Waals surface area contributed by atoms with Gasteiger partial charge in [0.2, 0.25) is 15.9 Å². The zero-order valence-corrected chi connectivity index (χ0v) is 16.2. The van der Waals surface area contributed by atoms with Gasteiger partial charge in [-0.1, -0.05) is 30.3 Å². The van der Waals surface area contributed by atoms with Crippen LogP contribution in [0.25, 0.3) is 0 Å². The lowest BCUT2D eigenvalue weighted by atomic mass is 10.1. The van der Waals surface area contributed by atoms with E-state index in [0.717, 1.165) is 0 Å². The molecule has 0 bridgehead atoms. The lowest BCUT2D eigenvalue weighted by Gasteiger charge is -2.34. The summed E-state index contributed by atoms with van der Waals surface area (Å²) in [6, 6.07) is 13.9. The van der Waals surface area contributed by atoms with Crippen molar-refractivity contribution in [2.24, 2.45) is 0 Å². The van der Waals surface area contributed by atoms with E-state index in [1.807, 2.05) is 6.07 Å². The van der Waals surface area contributed by atoms with Crippen molar-refractivity contribution in [3.63, 3.8) is 0 Å². The molecule has 0 N–H and O–H groups in total. The number of benzene rings is 2. The molecule has 3 rings (SSSR count). The minimum atomic E-state index is -3.85. The minimum absolute atomic E-state index is 0.0535. The van der Waals surface area contributed by atoms with Gasteiger partial charge >= 0.3 is 0 Å². The molecule has 0 unspecified atom stereocenters. The average molecular weight is 414 g/mol. The highest BCUT2D eigenvalue weighted by molar-refractivity contribution is 7.89. The van der Waals surface area contributed by atoms with Gasteiger partial charge in [0.25, 0.3) is 5.69 Å². The Morgan fingerprint density at radius 3 is 2.34 bits per heavy atom. The Kier molecular flexibility index (Phi) is 5.91. The summed E-state index contributed by atoms with van der Waals surface area (Å²) in [4.78, 5) is 24.6. The number of nitrogens with zero attached hydrogens (tertiary/aromatic N) is 4. The molecule has 1 aliphatic rings. The molecule has 1 aliphatic heterocycles. The number of carbonyl (C=O) groups is 1. The van der Waals surface area contributed by atoms with Crippen molar-refractivity contribution < 1.29 is 18.1 Å². The molecule has 2 aromatic carbocycles. The molecule has 0 saturated carbocycles. The van der Waals surface area contributed by atoms with Gasteiger partial charge in [0.1, 0.15) is 6.07 Å². The van der Waals surface area contributed by atoms with Gasteiger partial charge < -0.3 is 4.90 Å². The Hall–Kier alpha value is -3.29. The van der Waals surface area contributed by atoms with Gasteiger partial charge in [0, 0.05) is 37.8 Å². The monoisotopic (exact) mass is 414 g/mol. The number of carbonyl (C=O) groups excluding carboxylic acids is 1. The van der Waals surface area contributed by atoms with Crippen molar-refractivity contribution in [3.8, 4) is 6.07 Å². The third-order valence-electron chi connectivity index (χ3n) is 4.75. The molecule has 10 heteroatoms. The predicted molar refractivity (Wildman–Crippen MR) is 103 cm³/mol. The molecule has 29 heavy (non-hydrogen) atoms.